The Morgan fingerprint density at radius 3 is 2.57 bits per heavy atom. The molecule has 2 rings (SSSR count). The number of hydrogen-bond acceptors (Lipinski definition) is 5. The van der Waals surface area contributed by atoms with Gasteiger partial charge in [0, 0.05) is 18.8 Å². The fourth-order valence-electron chi connectivity index (χ4n) is 2.93. The van der Waals surface area contributed by atoms with Gasteiger partial charge in [0.05, 0.1) is 0 Å². The van der Waals surface area contributed by atoms with Crippen molar-refractivity contribution in [2.24, 2.45) is 4.99 Å². The number of amidine groups is 1. The molecular weight excluding hydrogens is 312 g/mol. The molecule has 0 aromatic heterocycles. The number of carbonyl (C=O) groups excluding carboxylic acids is 2. The van der Waals surface area contributed by atoms with Crippen molar-refractivity contribution in [3.05, 3.63) is 0 Å². The molecule has 7 heteroatoms. The van der Waals surface area contributed by atoms with Crippen LogP contribution in [0, 0.1) is 0 Å². The summed E-state index contributed by atoms with van der Waals surface area (Å²) in [5, 5.41) is 3.72. The molecule has 0 spiro atoms. The number of carbonyl (C=O) groups is 2. The van der Waals surface area contributed by atoms with Gasteiger partial charge in [-0.15, -0.1) is 0 Å². The molecule has 1 fully saturated rings. The van der Waals surface area contributed by atoms with E-state index in [-0.39, 0.29) is 18.0 Å². The lowest BCUT2D eigenvalue weighted by Gasteiger charge is -2.36. The van der Waals surface area contributed by atoms with Gasteiger partial charge in [0.2, 0.25) is 0 Å². The predicted molar refractivity (Wildman–Crippen MR) is 94.5 cm³/mol. The van der Waals surface area contributed by atoms with Crippen molar-refractivity contribution < 1.29 is 9.59 Å². The highest BCUT2D eigenvalue weighted by molar-refractivity contribution is 8.14. The molecule has 130 valence electrons. The van der Waals surface area contributed by atoms with E-state index < -0.39 is 6.17 Å². The first-order valence-corrected chi connectivity index (χ1v) is 9.42. The zero-order chi connectivity index (χ0) is 17.0. The third-order valence-electron chi connectivity index (χ3n) is 4.17. The SMILES string of the molecule is CCCCCCCN1C(SC(C)C)=NC2C1C(=O)NC(=O)N2C. The lowest BCUT2D eigenvalue weighted by atomic mass is 10.1. The first-order valence-electron chi connectivity index (χ1n) is 8.54. The van der Waals surface area contributed by atoms with Crippen molar-refractivity contribution in [3.8, 4) is 0 Å². The van der Waals surface area contributed by atoms with Crippen LogP contribution in [-0.4, -0.2) is 58.0 Å². The first kappa shape index (κ1) is 18.1. The molecule has 0 bridgehead atoms. The minimum absolute atomic E-state index is 0.227. The Morgan fingerprint density at radius 1 is 1.22 bits per heavy atom. The number of unbranched alkanes of at least 4 members (excludes halogenated alkanes) is 4. The minimum Gasteiger partial charge on any atom is -0.336 e. The number of aliphatic imine (C=N–C) groups is 1. The van der Waals surface area contributed by atoms with Gasteiger partial charge in [0.1, 0.15) is 0 Å². The largest absolute Gasteiger partial charge is 0.336 e. The molecule has 2 atom stereocenters. The van der Waals surface area contributed by atoms with E-state index >= 15 is 0 Å². The summed E-state index contributed by atoms with van der Waals surface area (Å²) in [6.07, 6.45) is 5.52. The van der Waals surface area contributed by atoms with Gasteiger partial charge >= 0.3 is 6.03 Å². The third kappa shape index (κ3) is 4.19. The van der Waals surface area contributed by atoms with Gasteiger partial charge in [-0.25, -0.2) is 9.79 Å². The van der Waals surface area contributed by atoms with Crippen LogP contribution in [0.3, 0.4) is 0 Å². The summed E-state index contributed by atoms with van der Waals surface area (Å²) in [4.78, 5) is 32.4. The van der Waals surface area contributed by atoms with E-state index in [1.165, 1.54) is 24.2 Å². The van der Waals surface area contributed by atoms with E-state index in [2.05, 4.69) is 36.0 Å². The number of hydrogen-bond donors (Lipinski definition) is 1. The summed E-state index contributed by atoms with van der Waals surface area (Å²) < 4.78 is 0. The molecule has 0 saturated carbocycles. The van der Waals surface area contributed by atoms with Crippen molar-refractivity contribution in [3.63, 3.8) is 0 Å². The van der Waals surface area contributed by atoms with Gasteiger partial charge in [0.25, 0.3) is 5.91 Å². The molecule has 2 unspecified atom stereocenters. The van der Waals surface area contributed by atoms with Crippen LogP contribution >= 0.6 is 11.8 Å². The maximum Gasteiger partial charge on any atom is 0.325 e. The minimum atomic E-state index is -0.395. The molecule has 0 radical (unpaired) electrons. The number of thioether (sulfide) groups is 1. The highest BCUT2D eigenvalue weighted by atomic mass is 32.2. The summed E-state index contributed by atoms with van der Waals surface area (Å²) in [6.45, 7) is 7.25. The van der Waals surface area contributed by atoms with E-state index in [1.54, 1.807) is 18.8 Å². The van der Waals surface area contributed by atoms with E-state index in [4.69, 9.17) is 0 Å². The van der Waals surface area contributed by atoms with Crippen molar-refractivity contribution in [1.29, 1.82) is 0 Å². The van der Waals surface area contributed by atoms with Crippen molar-refractivity contribution in [2.45, 2.75) is 70.3 Å². The van der Waals surface area contributed by atoms with Crippen LogP contribution in [0.15, 0.2) is 4.99 Å². The average molecular weight is 340 g/mol. The molecule has 2 heterocycles. The van der Waals surface area contributed by atoms with Gasteiger partial charge in [0.15, 0.2) is 17.4 Å². The molecule has 0 aliphatic carbocycles. The Balaban J connectivity index is 2.07. The summed E-state index contributed by atoms with van der Waals surface area (Å²) in [5.41, 5.74) is 0. The number of amides is 3. The standard InChI is InChI=1S/C16H28N4O2S/c1-5-6-7-8-9-10-20-12-13(17-16(20)23-11(2)3)19(4)15(22)18-14(12)21/h11-13H,5-10H2,1-4H3,(H,18,21,22). The molecule has 1 saturated heterocycles. The van der Waals surface area contributed by atoms with E-state index in [1.807, 2.05) is 0 Å². The van der Waals surface area contributed by atoms with E-state index in [0.717, 1.165) is 24.6 Å². The molecule has 1 N–H and O–H groups in total. The van der Waals surface area contributed by atoms with Crippen LogP contribution in [0.25, 0.3) is 0 Å². The average Bonchev–Trinajstić information content (AvgIpc) is 2.83. The highest BCUT2D eigenvalue weighted by Gasteiger charge is 2.48. The monoisotopic (exact) mass is 340 g/mol. The van der Waals surface area contributed by atoms with Crippen LogP contribution in [0.4, 0.5) is 4.79 Å². The van der Waals surface area contributed by atoms with Gasteiger partial charge in [-0.1, -0.05) is 58.2 Å². The normalized spacial score (nSPS) is 24.1. The Bertz CT molecular complexity index is 481. The van der Waals surface area contributed by atoms with Crippen LogP contribution in [0.5, 0.6) is 0 Å². The number of nitrogens with zero attached hydrogens (tertiary/aromatic N) is 3. The molecule has 3 amide bonds. The lowest BCUT2D eigenvalue weighted by Crippen LogP contribution is -2.63. The number of rotatable bonds is 7. The van der Waals surface area contributed by atoms with Gasteiger partial charge in [-0.3, -0.25) is 10.1 Å². The number of urea groups is 1. The second-order valence-electron chi connectivity index (χ2n) is 6.45. The molecule has 2 aliphatic heterocycles. The summed E-state index contributed by atoms with van der Waals surface area (Å²) in [5.74, 6) is -0.227. The third-order valence-corrected chi connectivity index (χ3v) is 5.19. The number of likely N-dealkylation sites (N-methyl/N-ethyl adjacent to an activating group) is 1. The quantitative estimate of drug-likeness (QED) is 0.724. The van der Waals surface area contributed by atoms with Crippen molar-refractivity contribution >= 4 is 28.9 Å². The van der Waals surface area contributed by atoms with Crippen molar-refractivity contribution in [1.82, 2.24) is 15.1 Å². The van der Waals surface area contributed by atoms with Gasteiger partial charge in [-0.05, 0) is 6.42 Å². The molecule has 6 nitrogen and oxygen atoms in total. The van der Waals surface area contributed by atoms with Crippen LogP contribution < -0.4 is 5.32 Å². The van der Waals surface area contributed by atoms with Gasteiger partial charge in [-0.2, -0.15) is 0 Å². The van der Waals surface area contributed by atoms with Crippen molar-refractivity contribution in [2.75, 3.05) is 13.6 Å². The zero-order valence-corrected chi connectivity index (χ0v) is 15.4. The highest BCUT2D eigenvalue weighted by Crippen LogP contribution is 2.30. The Labute approximate surface area is 143 Å². The molecule has 2 aliphatic rings. The molecular formula is C16H28N4O2S. The Kier molecular flexibility index (Phi) is 6.33. The molecule has 23 heavy (non-hydrogen) atoms. The number of fused-ring (bicyclic) bond motifs is 1. The topological polar surface area (TPSA) is 65.0 Å². The summed E-state index contributed by atoms with van der Waals surface area (Å²) in [7, 11) is 1.70. The van der Waals surface area contributed by atoms with Crippen LogP contribution in [0.2, 0.25) is 0 Å². The number of nitrogens with one attached hydrogen (secondary N) is 1. The number of imide groups is 1. The molecule has 0 aromatic rings. The summed E-state index contributed by atoms with van der Waals surface area (Å²) in [6, 6.07) is -0.746. The second-order valence-corrected chi connectivity index (χ2v) is 7.99. The predicted octanol–water partition coefficient (Wildman–Crippen LogP) is 2.65. The fraction of sp³-hybridized carbons (Fsp3) is 0.812. The van der Waals surface area contributed by atoms with Crippen LogP contribution in [0.1, 0.15) is 52.9 Å². The Hall–Kier alpha value is -1.24. The summed E-state index contributed by atoms with van der Waals surface area (Å²) >= 11 is 1.67. The van der Waals surface area contributed by atoms with E-state index in [9.17, 15) is 9.59 Å². The zero-order valence-electron chi connectivity index (χ0n) is 14.5. The molecule has 0 aromatic carbocycles. The lowest BCUT2D eigenvalue weighted by molar-refractivity contribution is -0.127. The maximum atomic E-state index is 12.3. The first-order chi connectivity index (χ1) is 11.0. The Morgan fingerprint density at radius 2 is 1.91 bits per heavy atom. The van der Waals surface area contributed by atoms with Gasteiger partial charge < -0.3 is 9.80 Å². The fourth-order valence-corrected chi connectivity index (χ4v) is 3.86. The maximum absolute atomic E-state index is 12.3. The smallest absolute Gasteiger partial charge is 0.325 e. The van der Waals surface area contributed by atoms with Crippen LogP contribution in [-0.2, 0) is 4.79 Å². The second kappa shape index (κ2) is 8.04. The van der Waals surface area contributed by atoms with E-state index in [0.29, 0.717) is 5.25 Å².